The van der Waals surface area contributed by atoms with E-state index in [-0.39, 0.29) is 5.60 Å². The molecule has 1 aliphatic heterocycles. The van der Waals surface area contributed by atoms with E-state index >= 15 is 0 Å². The highest BCUT2D eigenvalue weighted by Crippen LogP contribution is 2.18. The van der Waals surface area contributed by atoms with Gasteiger partial charge in [0, 0.05) is 45.8 Å². The van der Waals surface area contributed by atoms with Gasteiger partial charge in [-0.1, -0.05) is 30.3 Å². The average molecular weight is 450 g/mol. The lowest BCUT2D eigenvalue weighted by Crippen LogP contribution is -2.50. The summed E-state index contributed by atoms with van der Waals surface area (Å²) in [5, 5.41) is 12.1. The van der Waals surface area contributed by atoms with Crippen LogP contribution in [0.2, 0.25) is 0 Å². The Morgan fingerprint density at radius 2 is 1.68 bits per heavy atom. The summed E-state index contributed by atoms with van der Waals surface area (Å²) in [6.45, 7) is 11.3. The molecule has 1 aliphatic rings. The number of sulfonamides is 1. The first kappa shape index (κ1) is 24.1. The van der Waals surface area contributed by atoms with Crippen molar-refractivity contribution in [2.24, 2.45) is 0 Å². The van der Waals surface area contributed by atoms with Crippen LogP contribution in [0, 0.1) is 0 Å². The van der Waals surface area contributed by atoms with E-state index < -0.39 is 16.1 Å². The fraction of sp³-hybridized carbons (Fsp3) is 0.565. The molecular weight excluding hydrogens is 414 g/mol. The fourth-order valence-corrected chi connectivity index (χ4v) is 4.70. The van der Waals surface area contributed by atoms with Crippen LogP contribution in [0.25, 0.3) is 10.8 Å². The van der Waals surface area contributed by atoms with E-state index in [0.29, 0.717) is 31.1 Å². The Hall–Kier alpha value is -1.55. The lowest BCUT2D eigenvalue weighted by atomic mass is 10.1. The molecule has 0 amide bonds. The standard InChI is InChI=1S/C23H35N3O4S/c1-23(2,3)30-18-21(27)17-26-14-12-25(13-15-26)11-10-24-31(28,29)22-9-8-19-6-4-5-7-20(19)16-22/h4-9,16,21,24,27H,10-15,17-18H2,1-3H3/t21-/m1/s1. The molecule has 31 heavy (non-hydrogen) atoms. The first-order valence-corrected chi connectivity index (χ1v) is 12.4. The normalized spacial score (nSPS) is 17.8. The molecule has 1 heterocycles. The number of β-amino-alcohol motifs (C(OH)–C–C–N with tert-alkyl or cyclic N) is 1. The third kappa shape index (κ3) is 7.52. The van der Waals surface area contributed by atoms with Gasteiger partial charge in [0.2, 0.25) is 10.0 Å². The number of ether oxygens (including phenoxy) is 1. The van der Waals surface area contributed by atoms with Crippen molar-refractivity contribution in [2.75, 3.05) is 52.4 Å². The van der Waals surface area contributed by atoms with Gasteiger partial charge in [0.25, 0.3) is 0 Å². The van der Waals surface area contributed by atoms with Crippen LogP contribution in [0.1, 0.15) is 20.8 Å². The molecule has 0 unspecified atom stereocenters. The van der Waals surface area contributed by atoms with Crippen LogP contribution in [0.3, 0.4) is 0 Å². The van der Waals surface area contributed by atoms with Crippen LogP contribution < -0.4 is 4.72 Å². The van der Waals surface area contributed by atoms with E-state index in [9.17, 15) is 13.5 Å². The molecule has 0 radical (unpaired) electrons. The van der Waals surface area contributed by atoms with Gasteiger partial charge < -0.3 is 9.84 Å². The van der Waals surface area contributed by atoms with Gasteiger partial charge in [-0.25, -0.2) is 13.1 Å². The molecule has 1 saturated heterocycles. The molecule has 2 aromatic carbocycles. The van der Waals surface area contributed by atoms with Crippen molar-refractivity contribution >= 4 is 20.8 Å². The summed E-state index contributed by atoms with van der Waals surface area (Å²) in [4.78, 5) is 4.77. The van der Waals surface area contributed by atoms with Crippen LogP contribution >= 0.6 is 0 Å². The Bertz CT molecular complexity index is 951. The third-order valence-electron chi connectivity index (χ3n) is 5.39. The predicted molar refractivity (Wildman–Crippen MR) is 124 cm³/mol. The van der Waals surface area contributed by atoms with Gasteiger partial charge in [0.15, 0.2) is 0 Å². The fourth-order valence-electron chi connectivity index (χ4n) is 3.65. The molecule has 1 atom stereocenters. The molecule has 0 saturated carbocycles. The highest BCUT2D eigenvalue weighted by molar-refractivity contribution is 7.89. The molecule has 3 rings (SSSR count). The first-order chi connectivity index (χ1) is 14.6. The molecular formula is C23H35N3O4S. The summed E-state index contributed by atoms with van der Waals surface area (Å²) in [5.74, 6) is 0. The van der Waals surface area contributed by atoms with Crippen LogP contribution in [-0.4, -0.2) is 87.4 Å². The van der Waals surface area contributed by atoms with E-state index in [1.807, 2.05) is 51.1 Å². The topological polar surface area (TPSA) is 82.1 Å². The molecule has 0 aliphatic carbocycles. The molecule has 7 nitrogen and oxygen atoms in total. The maximum Gasteiger partial charge on any atom is 0.240 e. The Morgan fingerprint density at radius 3 is 2.35 bits per heavy atom. The minimum absolute atomic E-state index is 0.250. The minimum atomic E-state index is -3.53. The first-order valence-electron chi connectivity index (χ1n) is 10.9. The van der Waals surface area contributed by atoms with Crippen molar-refractivity contribution in [1.82, 2.24) is 14.5 Å². The quantitative estimate of drug-likeness (QED) is 0.609. The number of nitrogens with one attached hydrogen (secondary N) is 1. The van der Waals surface area contributed by atoms with Gasteiger partial charge in [-0.15, -0.1) is 0 Å². The number of aliphatic hydroxyl groups excluding tert-OH is 1. The highest BCUT2D eigenvalue weighted by atomic mass is 32.2. The number of aliphatic hydroxyl groups is 1. The number of hydrogen-bond donors (Lipinski definition) is 2. The van der Waals surface area contributed by atoms with E-state index in [0.717, 1.165) is 37.0 Å². The number of nitrogens with zero attached hydrogens (tertiary/aromatic N) is 2. The molecule has 2 N–H and O–H groups in total. The number of benzene rings is 2. The molecule has 1 fully saturated rings. The molecule has 0 spiro atoms. The van der Waals surface area contributed by atoms with Crippen molar-refractivity contribution in [3.8, 4) is 0 Å². The van der Waals surface area contributed by atoms with Crippen molar-refractivity contribution < 1.29 is 18.3 Å². The summed E-state index contributed by atoms with van der Waals surface area (Å²) in [6.07, 6.45) is -0.500. The maximum absolute atomic E-state index is 12.6. The smallest absolute Gasteiger partial charge is 0.240 e. The van der Waals surface area contributed by atoms with E-state index in [4.69, 9.17) is 4.74 Å². The summed E-state index contributed by atoms with van der Waals surface area (Å²) in [5.41, 5.74) is -0.250. The van der Waals surface area contributed by atoms with Gasteiger partial charge in [0.1, 0.15) is 0 Å². The highest BCUT2D eigenvalue weighted by Gasteiger charge is 2.21. The van der Waals surface area contributed by atoms with Crippen LogP contribution in [-0.2, 0) is 14.8 Å². The van der Waals surface area contributed by atoms with Crippen molar-refractivity contribution in [3.05, 3.63) is 42.5 Å². The van der Waals surface area contributed by atoms with Gasteiger partial charge in [-0.2, -0.15) is 0 Å². The summed E-state index contributed by atoms with van der Waals surface area (Å²) in [7, 11) is -3.53. The average Bonchev–Trinajstić information content (AvgIpc) is 2.72. The van der Waals surface area contributed by atoms with Crippen molar-refractivity contribution in [2.45, 2.75) is 37.4 Å². The molecule has 0 bridgehead atoms. The van der Waals surface area contributed by atoms with Gasteiger partial charge in [-0.3, -0.25) is 9.80 Å². The van der Waals surface area contributed by atoms with Crippen LogP contribution in [0.5, 0.6) is 0 Å². The number of rotatable bonds is 9. The van der Waals surface area contributed by atoms with Crippen molar-refractivity contribution in [3.63, 3.8) is 0 Å². The van der Waals surface area contributed by atoms with E-state index in [1.165, 1.54) is 0 Å². The van der Waals surface area contributed by atoms with E-state index in [1.54, 1.807) is 12.1 Å². The number of hydrogen-bond acceptors (Lipinski definition) is 6. The Balaban J connectivity index is 1.40. The second-order valence-corrected chi connectivity index (χ2v) is 10.9. The summed E-state index contributed by atoms with van der Waals surface area (Å²) >= 11 is 0. The third-order valence-corrected chi connectivity index (χ3v) is 6.85. The maximum atomic E-state index is 12.6. The van der Waals surface area contributed by atoms with Gasteiger partial charge in [0.05, 0.1) is 23.2 Å². The molecule has 2 aromatic rings. The Labute approximate surface area is 186 Å². The minimum Gasteiger partial charge on any atom is -0.389 e. The van der Waals surface area contributed by atoms with Gasteiger partial charge in [-0.05, 0) is 43.7 Å². The molecule has 8 heteroatoms. The SMILES string of the molecule is CC(C)(C)OC[C@H](O)CN1CCN(CCNS(=O)(=O)c2ccc3ccccc3c2)CC1. The monoisotopic (exact) mass is 449 g/mol. The Morgan fingerprint density at radius 1 is 1.03 bits per heavy atom. The molecule has 172 valence electrons. The van der Waals surface area contributed by atoms with Crippen molar-refractivity contribution in [1.29, 1.82) is 0 Å². The zero-order chi connectivity index (χ0) is 22.5. The van der Waals surface area contributed by atoms with E-state index in [2.05, 4.69) is 14.5 Å². The Kier molecular flexibility index (Phi) is 8.07. The number of piperazine rings is 1. The lowest BCUT2D eigenvalue weighted by Gasteiger charge is -2.35. The van der Waals surface area contributed by atoms with Gasteiger partial charge >= 0.3 is 0 Å². The molecule has 0 aromatic heterocycles. The summed E-state index contributed by atoms with van der Waals surface area (Å²) in [6, 6.07) is 12.9. The zero-order valence-electron chi connectivity index (χ0n) is 18.8. The number of fused-ring (bicyclic) bond motifs is 1. The van der Waals surface area contributed by atoms with Crippen LogP contribution in [0.15, 0.2) is 47.4 Å². The largest absolute Gasteiger partial charge is 0.389 e. The second kappa shape index (κ2) is 10.4. The predicted octanol–water partition coefficient (Wildman–Crippen LogP) is 1.91. The van der Waals surface area contributed by atoms with Crippen LogP contribution in [0.4, 0.5) is 0 Å². The second-order valence-electron chi connectivity index (χ2n) is 9.13. The zero-order valence-corrected chi connectivity index (χ0v) is 19.6. The lowest BCUT2D eigenvalue weighted by molar-refractivity contribution is -0.0585. The summed E-state index contributed by atoms with van der Waals surface area (Å²) < 4.78 is 33.7.